The van der Waals surface area contributed by atoms with E-state index in [4.69, 9.17) is 42.3 Å². The van der Waals surface area contributed by atoms with Crippen LogP contribution in [0.15, 0.2) is 36.0 Å². The second kappa shape index (κ2) is 7.93. The zero-order valence-corrected chi connectivity index (χ0v) is 19.8. The average Bonchev–Trinajstić information content (AvgIpc) is 3.41. The van der Waals surface area contributed by atoms with Crippen molar-refractivity contribution in [3.63, 3.8) is 0 Å². The lowest BCUT2D eigenvalue weighted by molar-refractivity contribution is -0.221. The summed E-state index contributed by atoms with van der Waals surface area (Å²) in [6.07, 6.45) is 0.501. The molecule has 0 amide bonds. The zero-order valence-electron chi connectivity index (χ0n) is 18.3. The van der Waals surface area contributed by atoms with Gasteiger partial charge >= 0.3 is 0 Å². The van der Waals surface area contributed by atoms with E-state index in [0.717, 1.165) is 0 Å². The first-order chi connectivity index (χ1) is 15.6. The minimum Gasteiger partial charge on any atom is -0.397 e. The first-order valence-electron chi connectivity index (χ1n) is 10.3. The summed E-state index contributed by atoms with van der Waals surface area (Å²) in [5, 5.41) is 16.3. The van der Waals surface area contributed by atoms with E-state index in [1.807, 2.05) is 13.8 Å². The number of aromatic nitrogens is 4. The van der Waals surface area contributed by atoms with Crippen LogP contribution in [0.3, 0.4) is 0 Å². The van der Waals surface area contributed by atoms with Crippen LogP contribution in [-0.2, 0) is 24.6 Å². The first kappa shape index (κ1) is 22.6. The molecular formula is C21H23Cl2N5O5. The van der Waals surface area contributed by atoms with E-state index in [1.165, 1.54) is 13.4 Å². The third-order valence-corrected chi connectivity index (χ3v) is 6.66. The second-order valence-electron chi connectivity index (χ2n) is 8.64. The lowest BCUT2D eigenvalue weighted by Crippen LogP contribution is -2.45. The molecule has 3 aromatic rings. The average molecular weight is 496 g/mol. The molecule has 1 aromatic carbocycles. The number of hydrogen-bond acceptors (Lipinski definition) is 8. The largest absolute Gasteiger partial charge is 0.397 e. The van der Waals surface area contributed by atoms with Gasteiger partial charge in [0, 0.05) is 0 Å². The Hall–Kier alpha value is -2.21. The van der Waals surface area contributed by atoms with Gasteiger partial charge in [-0.15, -0.1) is 0 Å². The normalized spacial score (nSPS) is 28.8. The molecule has 0 radical (unpaired) electrons. The van der Waals surface area contributed by atoms with E-state index >= 15 is 0 Å². The molecule has 2 fully saturated rings. The molecule has 5 rings (SSSR count). The molecule has 2 N–H and O–H groups in total. The van der Waals surface area contributed by atoms with Crippen LogP contribution in [0.4, 0.5) is 0 Å². The number of nitrogens with one attached hydrogen (secondary N) is 1. The van der Waals surface area contributed by atoms with Crippen LogP contribution >= 0.6 is 23.2 Å². The van der Waals surface area contributed by atoms with Gasteiger partial charge in [0.2, 0.25) is 5.49 Å². The van der Waals surface area contributed by atoms with E-state index in [2.05, 4.69) is 20.1 Å². The molecule has 0 aliphatic carbocycles. The third kappa shape index (κ3) is 3.71. The summed E-state index contributed by atoms with van der Waals surface area (Å²) in [4.78, 5) is 16.6. The lowest BCUT2D eigenvalue weighted by atomic mass is 9.87. The summed E-state index contributed by atoms with van der Waals surface area (Å²) >= 11 is 12.3. The lowest BCUT2D eigenvalue weighted by Gasteiger charge is -2.34. The van der Waals surface area contributed by atoms with E-state index in [1.54, 1.807) is 36.0 Å². The van der Waals surface area contributed by atoms with Crippen LogP contribution < -0.4 is 5.49 Å². The molecule has 4 heterocycles. The molecule has 0 spiro atoms. The Bertz CT molecular complexity index is 1270. The molecular weight excluding hydrogens is 473 g/mol. The van der Waals surface area contributed by atoms with Crippen molar-refractivity contribution < 1.29 is 24.2 Å². The molecule has 0 saturated carbocycles. The first-order valence-corrected chi connectivity index (χ1v) is 11.0. The highest BCUT2D eigenvalue weighted by Gasteiger charge is 2.60. The van der Waals surface area contributed by atoms with Crippen molar-refractivity contribution in [3.05, 3.63) is 52.0 Å². The highest BCUT2D eigenvalue weighted by atomic mass is 35.5. The van der Waals surface area contributed by atoms with Gasteiger partial charge in [-0.2, -0.15) is 0 Å². The number of hydrogen-bond donors (Lipinski definition) is 2. The fraction of sp³-hybridized carbons (Fsp3) is 0.476. The van der Waals surface area contributed by atoms with Crippen LogP contribution in [0, 0.1) is 0 Å². The van der Waals surface area contributed by atoms with E-state index in [0.29, 0.717) is 32.3 Å². The number of nitrogens with zero attached hydrogens (tertiary/aromatic N) is 4. The molecule has 176 valence electrons. The molecule has 33 heavy (non-hydrogen) atoms. The number of H-pyrrole nitrogens is 1. The summed E-state index contributed by atoms with van der Waals surface area (Å²) in [5.74, 6) is -0.878. The monoisotopic (exact) mass is 495 g/mol. The molecule has 10 nitrogen and oxygen atoms in total. The van der Waals surface area contributed by atoms with E-state index < -0.39 is 35.9 Å². The Morgan fingerprint density at radius 1 is 1.21 bits per heavy atom. The third-order valence-electron chi connectivity index (χ3n) is 5.92. The minimum absolute atomic E-state index is 0.333. The van der Waals surface area contributed by atoms with Gasteiger partial charge in [0.15, 0.2) is 23.2 Å². The predicted molar refractivity (Wildman–Crippen MR) is 118 cm³/mol. The van der Waals surface area contributed by atoms with Crippen LogP contribution in [0.25, 0.3) is 11.2 Å². The summed E-state index contributed by atoms with van der Waals surface area (Å²) in [7, 11) is 1.45. The fourth-order valence-corrected chi connectivity index (χ4v) is 4.75. The number of halogens is 2. The summed E-state index contributed by atoms with van der Waals surface area (Å²) in [6.45, 7) is 5.30. The molecule has 2 aromatic heterocycles. The highest BCUT2D eigenvalue weighted by molar-refractivity contribution is 6.42. The number of aliphatic hydroxyl groups is 1. The Labute approximate surface area is 199 Å². The predicted octanol–water partition coefficient (Wildman–Crippen LogP) is 2.85. The number of ether oxygens (including phenoxy) is 3. The van der Waals surface area contributed by atoms with Crippen molar-refractivity contribution in [2.75, 3.05) is 7.11 Å². The maximum absolute atomic E-state index is 11.6. The second-order valence-corrected chi connectivity index (χ2v) is 9.45. The highest BCUT2D eigenvalue weighted by Crippen LogP contribution is 2.48. The molecule has 5 atom stereocenters. The Morgan fingerprint density at radius 3 is 2.70 bits per heavy atom. The number of imidazole rings is 1. The number of rotatable bonds is 4. The van der Waals surface area contributed by atoms with Crippen molar-refractivity contribution in [2.24, 2.45) is 5.16 Å². The quantitative estimate of drug-likeness (QED) is 0.534. The summed E-state index contributed by atoms with van der Waals surface area (Å²) in [5.41, 5.74) is 0.496. The van der Waals surface area contributed by atoms with Crippen molar-refractivity contribution in [1.29, 1.82) is 0 Å². The standard InChI is InChI=1S/C21H23Cl2N5O5/c1-20(2)32-14-15(33-20)19(28-9-26-13-17(27-30-4)24-8-25-18(13)28)31-16(14)21(3,29)10-5-6-11(22)12(23)7-10/h5-9,14-16,19,29H,1-4H3,(H,24,25,27)/t14-,15+,16-,19+,21+/m0/s1. The Kier molecular flexibility index (Phi) is 5.43. The van der Waals surface area contributed by atoms with E-state index in [-0.39, 0.29) is 0 Å². The van der Waals surface area contributed by atoms with Gasteiger partial charge in [0.25, 0.3) is 0 Å². The van der Waals surface area contributed by atoms with Crippen molar-refractivity contribution in [1.82, 2.24) is 19.5 Å². The molecule has 2 saturated heterocycles. The van der Waals surface area contributed by atoms with Crippen LogP contribution in [-0.4, -0.2) is 55.8 Å². The minimum atomic E-state index is -1.47. The van der Waals surface area contributed by atoms with Crippen LogP contribution in [0.1, 0.15) is 32.6 Å². The summed E-state index contributed by atoms with van der Waals surface area (Å²) < 4.78 is 20.5. The topological polar surface area (TPSA) is 116 Å². The Balaban J connectivity index is 1.58. The van der Waals surface area contributed by atoms with Crippen LogP contribution in [0.2, 0.25) is 10.0 Å². The smallest absolute Gasteiger partial charge is 0.200 e. The van der Waals surface area contributed by atoms with E-state index in [9.17, 15) is 5.11 Å². The maximum Gasteiger partial charge on any atom is 0.200 e. The van der Waals surface area contributed by atoms with Gasteiger partial charge in [0.1, 0.15) is 31.0 Å². The fourth-order valence-electron chi connectivity index (χ4n) is 4.45. The number of aromatic amines is 1. The molecule has 0 unspecified atom stereocenters. The zero-order chi connectivity index (χ0) is 23.5. The van der Waals surface area contributed by atoms with Crippen molar-refractivity contribution in [3.8, 4) is 0 Å². The number of benzene rings is 1. The van der Waals surface area contributed by atoms with Crippen molar-refractivity contribution in [2.45, 2.75) is 56.7 Å². The molecule has 2 aliphatic heterocycles. The van der Waals surface area contributed by atoms with Gasteiger partial charge < -0.3 is 29.1 Å². The summed E-state index contributed by atoms with van der Waals surface area (Å²) in [6, 6.07) is 4.97. The molecule has 12 heteroatoms. The van der Waals surface area contributed by atoms with Gasteiger partial charge in [-0.25, -0.2) is 9.97 Å². The molecule has 2 aliphatic rings. The van der Waals surface area contributed by atoms with Gasteiger partial charge in [0.05, 0.1) is 22.7 Å². The van der Waals surface area contributed by atoms with Gasteiger partial charge in [-0.1, -0.05) is 34.4 Å². The molecule has 0 bridgehead atoms. The number of fused-ring (bicyclic) bond motifs is 2. The maximum atomic E-state index is 11.6. The van der Waals surface area contributed by atoms with Crippen LogP contribution in [0.5, 0.6) is 0 Å². The van der Waals surface area contributed by atoms with Gasteiger partial charge in [-0.05, 0) is 38.5 Å². The SMILES string of the molecule is CO/N=c1\[nH]cnc2c1ncn2[C@@H]1O[C@H]([C@](C)(O)c2ccc(Cl)c(Cl)c2)[C@H]2OC(C)(C)O[C@H]21. The van der Waals surface area contributed by atoms with Crippen molar-refractivity contribution >= 4 is 34.4 Å². The van der Waals surface area contributed by atoms with Gasteiger partial charge in [-0.3, -0.25) is 4.57 Å². The Morgan fingerprint density at radius 2 is 1.97 bits per heavy atom.